The van der Waals surface area contributed by atoms with E-state index in [1.54, 1.807) is 0 Å². The van der Waals surface area contributed by atoms with E-state index in [0.29, 0.717) is 6.42 Å². The molecule has 0 saturated carbocycles. The van der Waals surface area contributed by atoms with Crippen LogP contribution >= 0.6 is 0 Å². The van der Waals surface area contributed by atoms with Crippen molar-refractivity contribution in [2.24, 2.45) is 4.99 Å². The summed E-state index contributed by atoms with van der Waals surface area (Å²) in [7, 11) is 0. The van der Waals surface area contributed by atoms with Crippen LogP contribution in [0.4, 0.5) is 0 Å². The Hall–Kier alpha value is -2.30. The van der Waals surface area contributed by atoms with Crippen LogP contribution in [0.15, 0.2) is 53.5 Å². The van der Waals surface area contributed by atoms with Crippen LogP contribution in [-0.4, -0.2) is 48.2 Å². The molecule has 2 aliphatic heterocycles. The first-order valence-corrected chi connectivity index (χ1v) is 10.1. The molecular formula is C24H28N2O2. The highest BCUT2D eigenvalue weighted by Gasteiger charge is 2.28. The second-order valence-corrected chi connectivity index (χ2v) is 8.39. The number of rotatable bonds is 5. The third kappa shape index (κ3) is 4.40. The minimum Gasteiger partial charge on any atom is -0.379 e. The minimum absolute atomic E-state index is 0.125. The van der Waals surface area contributed by atoms with Crippen molar-refractivity contribution in [1.29, 1.82) is 0 Å². The van der Waals surface area contributed by atoms with Gasteiger partial charge in [-0.3, -0.25) is 14.7 Å². The van der Waals surface area contributed by atoms with Crippen LogP contribution in [0.2, 0.25) is 0 Å². The van der Waals surface area contributed by atoms with Crippen molar-refractivity contribution in [2.45, 2.75) is 38.8 Å². The zero-order chi connectivity index (χ0) is 19.6. The van der Waals surface area contributed by atoms with Crippen molar-refractivity contribution in [1.82, 2.24) is 4.90 Å². The highest BCUT2D eigenvalue weighted by atomic mass is 16.5. The Morgan fingerprint density at radius 3 is 2.61 bits per heavy atom. The number of hydrogen-bond acceptors (Lipinski definition) is 4. The van der Waals surface area contributed by atoms with Crippen LogP contribution in [0.25, 0.3) is 0 Å². The van der Waals surface area contributed by atoms with E-state index in [2.05, 4.69) is 36.9 Å². The molecule has 0 atom stereocenters. The number of morpholine rings is 1. The summed E-state index contributed by atoms with van der Waals surface area (Å²) >= 11 is 0. The number of aliphatic imine (C=N–C) groups is 1. The molecule has 0 aliphatic carbocycles. The van der Waals surface area contributed by atoms with Gasteiger partial charge in [0.2, 0.25) is 0 Å². The fourth-order valence-corrected chi connectivity index (χ4v) is 4.13. The predicted octanol–water partition coefficient (Wildman–Crippen LogP) is 3.92. The highest BCUT2D eigenvalue weighted by molar-refractivity contribution is 6.16. The van der Waals surface area contributed by atoms with Gasteiger partial charge in [-0.05, 0) is 37.0 Å². The summed E-state index contributed by atoms with van der Waals surface area (Å²) in [4.78, 5) is 20.1. The number of fused-ring (bicyclic) bond motifs is 1. The van der Waals surface area contributed by atoms with E-state index in [1.165, 1.54) is 11.1 Å². The summed E-state index contributed by atoms with van der Waals surface area (Å²) in [5.41, 5.74) is 5.25. The molecule has 2 aromatic carbocycles. The van der Waals surface area contributed by atoms with Gasteiger partial charge in [-0.25, -0.2) is 0 Å². The number of hydrogen-bond donors (Lipinski definition) is 0. The number of benzene rings is 2. The van der Waals surface area contributed by atoms with Crippen molar-refractivity contribution in [3.8, 4) is 0 Å². The quantitative estimate of drug-likeness (QED) is 0.743. The third-order valence-electron chi connectivity index (χ3n) is 5.47. The second kappa shape index (κ2) is 7.98. The number of nitrogens with zero attached hydrogens (tertiary/aromatic N) is 2. The minimum atomic E-state index is -0.184. The molecule has 0 unspecified atom stereocenters. The first kappa shape index (κ1) is 19.0. The molecule has 2 aromatic rings. The molecule has 0 aromatic heterocycles. The number of carbonyl (C=O) groups excluding carboxylic acids is 1. The fourth-order valence-electron chi connectivity index (χ4n) is 4.13. The first-order valence-electron chi connectivity index (χ1n) is 10.1. The van der Waals surface area contributed by atoms with E-state index in [9.17, 15) is 4.79 Å². The van der Waals surface area contributed by atoms with Gasteiger partial charge < -0.3 is 4.74 Å². The maximum atomic E-state index is 12.8. The third-order valence-corrected chi connectivity index (χ3v) is 5.47. The van der Waals surface area contributed by atoms with E-state index < -0.39 is 0 Å². The maximum absolute atomic E-state index is 12.8. The molecule has 28 heavy (non-hydrogen) atoms. The van der Waals surface area contributed by atoms with Crippen LogP contribution in [0.1, 0.15) is 47.3 Å². The van der Waals surface area contributed by atoms with Gasteiger partial charge in [0.05, 0.1) is 30.9 Å². The highest BCUT2D eigenvalue weighted by Crippen LogP contribution is 2.29. The van der Waals surface area contributed by atoms with Crippen LogP contribution < -0.4 is 0 Å². The summed E-state index contributed by atoms with van der Waals surface area (Å²) in [6, 6.07) is 16.2. The standard InChI is InChI=1S/C24H28N2O2/c1-24(2)16-20-14-18(17-26-10-12-28-13-11-26)8-9-21(20)22(25-24)15-23(27)19-6-4-3-5-7-19/h3-9,14H,10-13,15-17H2,1-2H3. The summed E-state index contributed by atoms with van der Waals surface area (Å²) in [5.74, 6) is 0.125. The van der Waals surface area contributed by atoms with Crippen molar-refractivity contribution in [2.75, 3.05) is 26.3 Å². The molecule has 0 bridgehead atoms. The van der Waals surface area contributed by atoms with Gasteiger partial charge in [-0.1, -0.05) is 48.5 Å². The Labute approximate surface area is 167 Å². The van der Waals surface area contributed by atoms with Gasteiger partial charge in [0.1, 0.15) is 0 Å². The maximum Gasteiger partial charge on any atom is 0.168 e. The lowest BCUT2D eigenvalue weighted by atomic mass is 9.84. The van der Waals surface area contributed by atoms with E-state index in [1.807, 2.05) is 30.3 Å². The van der Waals surface area contributed by atoms with Gasteiger partial charge in [0.15, 0.2) is 5.78 Å². The molecule has 2 heterocycles. The van der Waals surface area contributed by atoms with Gasteiger partial charge in [0.25, 0.3) is 0 Å². The van der Waals surface area contributed by atoms with Gasteiger partial charge in [-0.2, -0.15) is 0 Å². The van der Waals surface area contributed by atoms with Crippen molar-refractivity contribution >= 4 is 11.5 Å². The summed E-state index contributed by atoms with van der Waals surface area (Å²) in [6.45, 7) is 8.86. The Morgan fingerprint density at radius 2 is 1.86 bits per heavy atom. The van der Waals surface area contributed by atoms with E-state index in [4.69, 9.17) is 9.73 Å². The number of ketones is 1. The zero-order valence-corrected chi connectivity index (χ0v) is 16.8. The SMILES string of the molecule is CC1(C)Cc2cc(CN3CCOCC3)ccc2C(CC(=O)c2ccccc2)=N1. The van der Waals surface area contributed by atoms with E-state index >= 15 is 0 Å². The Morgan fingerprint density at radius 1 is 1.11 bits per heavy atom. The van der Waals surface area contributed by atoms with Crippen molar-refractivity contribution in [3.05, 3.63) is 70.8 Å². The normalized spacial score (nSPS) is 19.0. The number of carbonyl (C=O) groups is 1. The van der Waals surface area contributed by atoms with Gasteiger partial charge in [-0.15, -0.1) is 0 Å². The molecule has 1 saturated heterocycles. The van der Waals surface area contributed by atoms with Crippen LogP contribution in [-0.2, 0) is 17.7 Å². The smallest absolute Gasteiger partial charge is 0.168 e. The molecule has 0 amide bonds. The molecular weight excluding hydrogens is 348 g/mol. The number of Topliss-reactive ketones (excluding diaryl/α,β-unsaturated/α-hetero) is 1. The fraction of sp³-hybridized carbons (Fsp3) is 0.417. The van der Waals surface area contributed by atoms with E-state index in [-0.39, 0.29) is 11.3 Å². The molecule has 0 radical (unpaired) electrons. The molecule has 4 nitrogen and oxygen atoms in total. The monoisotopic (exact) mass is 376 g/mol. The van der Waals surface area contributed by atoms with Crippen LogP contribution in [0.3, 0.4) is 0 Å². The molecule has 0 N–H and O–H groups in total. The first-order chi connectivity index (χ1) is 13.5. The second-order valence-electron chi connectivity index (χ2n) is 8.39. The summed E-state index contributed by atoms with van der Waals surface area (Å²) in [6.07, 6.45) is 1.26. The van der Waals surface area contributed by atoms with Crippen LogP contribution in [0.5, 0.6) is 0 Å². The van der Waals surface area contributed by atoms with Crippen molar-refractivity contribution < 1.29 is 9.53 Å². The Balaban J connectivity index is 1.57. The van der Waals surface area contributed by atoms with E-state index in [0.717, 1.165) is 56.1 Å². The molecule has 146 valence electrons. The number of ether oxygens (including phenoxy) is 1. The van der Waals surface area contributed by atoms with Gasteiger partial charge >= 0.3 is 0 Å². The van der Waals surface area contributed by atoms with Crippen LogP contribution in [0, 0.1) is 0 Å². The average molecular weight is 377 g/mol. The molecule has 4 rings (SSSR count). The average Bonchev–Trinajstić information content (AvgIpc) is 2.68. The molecule has 2 aliphatic rings. The Bertz CT molecular complexity index is 881. The molecule has 1 fully saturated rings. The summed E-state index contributed by atoms with van der Waals surface area (Å²) in [5, 5.41) is 0. The largest absolute Gasteiger partial charge is 0.379 e. The van der Waals surface area contributed by atoms with Crippen molar-refractivity contribution in [3.63, 3.8) is 0 Å². The summed E-state index contributed by atoms with van der Waals surface area (Å²) < 4.78 is 5.45. The lowest BCUT2D eigenvalue weighted by molar-refractivity contribution is 0.0342. The predicted molar refractivity (Wildman–Crippen MR) is 112 cm³/mol. The zero-order valence-electron chi connectivity index (χ0n) is 16.8. The van der Waals surface area contributed by atoms with Gasteiger partial charge in [0, 0.05) is 25.2 Å². The Kier molecular flexibility index (Phi) is 5.42. The lowest BCUT2D eigenvalue weighted by Crippen LogP contribution is -2.35. The molecule has 4 heteroatoms. The topological polar surface area (TPSA) is 41.9 Å². The molecule has 0 spiro atoms. The lowest BCUT2D eigenvalue weighted by Gasteiger charge is -2.30.